The Hall–Kier alpha value is -3.12. The second-order valence-electron chi connectivity index (χ2n) is 6.82. The summed E-state index contributed by atoms with van der Waals surface area (Å²) in [5.41, 5.74) is 5.69. The predicted molar refractivity (Wildman–Crippen MR) is 115 cm³/mol. The van der Waals surface area contributed by atoms with Gasteiger partial charge < -0.3 is 0 Å². The first-order valence-electron chi connectivity index (χ1n) is 9.39. The zero-order chi connectivity index (χ0) is 20.7. The molecule has 0 spiro atoms. The van der Waals surface area contributed by atoms with E-state index in [1.807, 2.05) is 67.6 Å². The number of para-hydroxylation sites is 1. The third kappa shape index (κ3) is 5.93. The fourth-order valence-corrected chi connectivity index (χ4v) is 4.11. The summed E-state index contributed by atoms with van der Waals surface area (Å²) in [7, 11) is -3.51. The number of amides is 1. The van der Waals surface area contributed by atoms with E-state index in [-0.39, 0.29) is 23.0 Å². The summed E-state index contributed by atoms with van der Waals surface area (Å²) < 4.78 is 25.0. The molecule has 1 N–H and O–H groups in total. The highest BCUT2D eigenvalue weighted by Crippen LogP contribution is 2.16. The molecule has 3 aromatic carbocycles. The highest BCUT2D eigenvalue weighted by molar-refractivity contribution is 7.91. The Labute approximate surface area is 171 Å². The summed E-state index contributed by atoms with van der Waals surface area (Å²) in [6, 6.07) is 25.9. The number of hydrazine groups is 1. The molecule has 150 valence electrons. The summed E-state index contributed by atoms with van der Waals surface area (Å²) >= 11 is 0. The van der Waals surface area contributed by atoms with Gasteiger partial charge in [0, 0.05) is 6.42 Å². The van der Waals surface area contributed by atoms with Gasteiger partial charge in [-0.1, -0.05) is 66.2 Å². The monoisotopic (exact) mass is 408 g/mol. The maximum atomic E-state index is 12.5. The van der Waals surface area contributed by atoms with Gasteiger partial charge in [0.2, 0.25) is 5.91 Å². The first-order chi connectivity index (χ1) is 13.9. The number of carbonyl (C=O) groups is 1. The molecule has 0 radical (unpaired) electrons. The number of sulfone groups is 1. The minimum Gasteiger partial charge on any atom is -0.281 e. The number of nitrogens with one attached hydrogen (secondary N) is 1. The molecule has 0 aliphatic rings. The Morgan fingerprint density at radius 3 is 2.07 bits per heavy atom. The lowest BCUT2D eigenvalue weighted by molar-refractivity contribution is -0.120. The molecule has 0 fully saturated rings. The SMILES string of the molecule is Cc1ccc(S(=O)(=O)CCC(=O)NN(Cc2ccccc2)c2ccccc2)cc1. The third-order valence-corrected chi connectivity index (χ3v) is 6.22. The van der Waals surface area contributed by atoms with Crippen molar-refractivity contribution < 1.29 is 13.2 Å². The highest BCUT2D eigenvalue weighted by Gasteiger charge is 2.18. The van der Waals surface area contributed by atoms with Crippen molar-refractivity contribution in [3.63, 3.8) is 0 Å². The molecule has 0 saturated heterocycles. The second-order valence-corrected chi connectivity index (χ2v) is 8.93. The summed E-state index contributed by atoms with van der Waals surface area (Å²) in [6.45, 7) is 2.37. The van der Waals surface area contributed by atoms with Crippen LogP contribution in [0.1, 0.15) is 17.5 Å². The topological polar surface area (TPSA) is 66.5 Å². The number of nitrogens with zero attached hydrogens (tertiary/aromatic N) is 1. The molecule has 6 heteroatoms. The predicted octanol–water partition coefficient (Wildman–Crippen LogP) is 3.90. The number of hydrogen-bond acceptors (Lipinski definition) is 4. The van der Waals surface area contributed by atoms with Crippen LogP contribution >= 0.6 is 0 Å². The Kier molecular flexibility index (Phi) is 6.67. The van der Waals surface area contributed by atoms with Gasteiger partial charge in [0.1, 0.15) is 0 Å². The summed E-state index contributed by atoms with van der Waals surface area (Å²) in [4.78, 5) is 12.8. The second kappa shape index (κ2) is 9.39. The van der Waals surface area contributed by atoms with Crippen molar-refractivity contribution in [1.82, 2.24) is 5.43 Å². The van der Waals surface area contributed by atoms with Gasteiger partial charge in [0.15, 0.2) is 9.84 Å². The van der Waals surface area contributed by atoms with E-state index in [0.29, 0.717) is 6.54 Å². The molecular formula is C23H24N2O3S. The van der Waals surface area contributed by atoms with Crippen LogP contribution in [0.15, 0.2) is 89.8 Å². The Bertz CT molecular complexity index is 1030. The maximum absolute atomic E-state index is 12.5. The molecule has 3 aromatic rings. The number of benzene rings is 3. The molecule has 29 heavy (non-hydrogen) atoms. The third-order valence-electron chi connectivity index (χ3n) is 4.49. The van der Waals surface area contributed by atoms with Crippen LogP contribution < -0.4 is 10.4 Å². The average Bonchev–Trinajstić information content (AvgIpc) is 2.74. The zero-order valence-electron chi connectivity index (χ0n) is 16.3. The lowest BCUT2D eigenvalue weighted by Gasteiger charge is -2.25. The van der Waals surface area contributed by atoms with Crippen molar-refractivity contribution in [3.05, 3.63) is 96.1 Å². The Morgan fingerprint density at radius 1 is 0.862 bits per heavy atom. The molecule has 0 bridgehead atoms. The number of rotatable bonds is 8. The molecule has 0 aliphatic carbocycles. The molecule has 0 unspecified atom stereocenters. The molecule has 3 rings (SSSR count). The summed E-state index contributed by atoms with van der Waals surface area (Å²) in [5.74, 6) is -0.587. The van der Waals surface area contributed by atoms with Gasteiger partial charge in [0.05, 0.1) is 22.9 Å². The molecule has 0 heterocycles. The van der Waals surface area contributed by atoms with Gasteiger partial charge in [-0.25, -0.2) is 8.42 Å². The number of aryl methyl sites for hydroxylation is 1. The number of hydrogen-bond donors (Lipinski definition) is 1. The standard InChI is InChI=1S/C23H24N2O3S/c1-19-12-14-22(15-13-19)29(27,28)17-16-23(26)24-25(21-10-6-3-7-11-21)18-20-8-4-2-5-9-20/h2-15H,16-18H2,1H3,(H,24,26). The van der Waals surface area contributed by atoms with Crippen LogP contribution in [0.25, 0.3) is 0 Å². The van der Waals surface area contributed by atoms with E-state index in [0.717, 1.165) is 16.8 Å². The van der Waals surface area contributed by atoms with Gasteiger partial charge in [0.25, 0.3) is 0 Å². The quantitative estimate of drug-likeness (QED) is 0.574. The van der Waals surface area contributed by atoms with Crippen molar-refractivity contribution in [2.75, 3.05) is 10.8 Å². The maximum Gasteiger partial charge on any atom is 0.239 e. The van der Waals surface area contributed by atoms with E-state index in [4.69, 9.17) is 0 Å². The minimum atomic E-state index is -3.51. The van der Waals surface area contributed by atoms with Crippen molar-refractivity contribution in [1.29, 1.82) is 0 Å². The van der Waals surface area contributed by atoms with Crippen molar-refractivity contribution >= 4 is 21.4 Å². The van der Waals surface area contributed by atoms with Crippen molar-refractivity contribution in [2.45, 2.75) is 24.8 Å². The first kappa shape index (κ1) is 20.6. The number of anilines is 1. The van der Waals surface area contributed by atoms with E-state index in [9.17, 15) is 13.2 Å². The molecule has 0 aliphatic heterocycles. The summed E-state index contributed by atoms with van der Waals surface area (Å²) in [6.07, 6.45) is -0.117. The van der Waals surface area contributed by atoms with Gasteiger partial charge in [-0.05, 0) is 36.8 Å². The largest absolute Gasteiger partial charge is 0.281 e. The smallest absolute Gasteiger partial charge is 0.239 e. The van der Waals surface area contributed by atoms with Crippen LogP contribution in [0.5, 0.6) is 0 Å². The zero-order valence-corrected chi connectivity index (χ0v) is 17.1. The fraction of sp³-hybridized carbons (Fsp3) is 0.174. The lowest BCUT2D eigenvalue weighted by atomic mass is 10.2. The molecule has 1 amide bonds. The van der Waals surface area contributed by atoms with Gasteiger partial charge >= 0.3 is 0 Å². The Morgan fingerprint density at radius 2 is 1.45 bits per heavy atom. The van der Waals surface area contributed by atoms with Crippen LogP contribution in [-0.4, -0.2) is 20.1 Å². The van der Waals surface area contributed by atoms with Gasteiger partial charge in [-0.3, -0.25) is 15.2 Å². The average molecular weight is 409 g/mol. The first-order valence-corrected chi connectivity index (χ1v) is 11.0. The van der Waals surface area contributed by atoms with Crippen molar-refractivity contribution in [2.24, 2.45) is 0 Å². The van der Waals surface area contributed by atoms with E-state index in [2.05, 4.69) is 5.43 Å². The van der Waals surface area contributed by atoms with Crippen LogP contribution in [0.4, 0.5) is 5.69 Å². The summed E-state index contributed by atoms with van der Waals surface area (Å²) in [5, 5.41) is 1.73. The normalized spacial score (nSPS) is 11.1. The molecule has 0 atom stereocenters. The van der Waals surface area contributed by atoms with Gasteiger partial charge in [-0.15, -0.1) is 0 Å². The molecule has 0 saturated carbocycles. The van der Waals surface area contributed by atoms with Crippen LogP contribution in [-0.2, 0) is 21.2 Å². The lowest BCUT2D eigenvalue weighted by Crippen LogP contribution is -2.42. The molecule has 0 aromatic heterocycles. The molecular weight excluding hydrogens is 384 g/mol. The van der Waals surface area contributed by atoms with E-state index < -0.39 is 9.84 Å². The van der Waals surface area contributed by atoms with Crippen LogP contribution in [0.3, 0.4) is 0 Å². The minimum absolute atomic E-state index is 0.117. The highest BCUT2D eigenvalue weighted by atomic mass is 32.2. The van der Waals surface area contributed by atoms with Crippen molar-refractivity contribution in [3.8, 4) is 0 Å². The fourth-order valence-electron chi connectivity index (χ4n) is 2.87. The Balaban J connectivity index is 1.67. The molecule has 5 nitrogen and oxygen atoms in total. The van der Waals surface area contributed by atoms with E-state index in [1.54, 1.807) is 29.3 Å². The van der Waals surface area contributed by atoms with E-state index >= 15 is 0 Å². The van der Waals surface area contributed by atoms with Crippen LogP contribution in [0, 0.1) is 6.92 Å². The van der Waals surface area contributed by atoms with E-state index in [1.165, 1.54) is 0 Å². The van der Waals surface area contributed by atoms with Crippen LogP contribution in [0.2, 0.25) is 0 Å². The number of carbonyl (C=O) groups excluding carboxylic acids is 1. The van der Waals surface area contributed by atoms with Gasteiger partial charge in [-0.2, -0.15) is 0 Å².